The van der Waals surface area contributed by atoms with Crippen LogP contribution in [0.1, 0.15) is 22.3 Å². The molecule has 0 radical (unpaired) electrons. The summed E-state index contributed by atoms with van der Waals surface area (Å²) in [4.78, 5) is 0. The minimum atomic E-state index is 0.168. The van der Waals surface area contributed by atoms with Gasteiger partial charge in [0.2, 0.25) is 6.79 Å². The van der Waals surface area contributed by atoms with Gasteiger partial charge in [-0.2, -0.15) is 0 Å². The van der Waals surface area contributed by atoms with Crippen LogP contribution in [0.25, 0.3) is 100 Å². The first kappa shape index (κ1) is 31.4. The van der Waals surface area contributed by atoms with Gasteiger partial charge in [0.25, 0.3) is 0 Å². The number of hydrogen-bond donors (Lipinski definition) is 0. The SMILES string of the molecule is C(=C/c1ccc2c3c(ccc2c1)OCOc1ccc2cc(/C=C\c4ccc5cc6ccccc6cc5c4)ccc2c1-3)/c1ccc2cc3ccccc3cc2c1. The highest BCUT2D eigenvalue weighted by Gasteiger charge is 2.22. The smallest absolute Gasteiger partial charge is 0.230 e. The molecule has 10 aromatic rings. The molecule has 55 heavy (non-hydrogen) atoms. The van der Waals surface area contributed by atoms with Crippen LogP contribution in [0.3, 0.4) is 0 Å². The standard InChI is InChI=1S/C53H34O2/c1-3-7-40-31-46-27-34(13-17-42(46)29-38(40)5-1)9-11-36-15-21-48-44(25-36)19-23-50-52(48)53-49-22-16-37(26-45(49)20-24-51(53)55-33-54-50)12-10-35-14-18-43-30-39-6-2-4-8-41(39)32-47(43)28-35/h1-32H,33H2/b11-9-,12-10-. The molecular weight excluding hydrogens is 669 g/mol. The van der Waals surface area contributed by atoms with Crippen LogP contribution < -0.4 is 9.47 Å². The van der Waals surface area contributed by atoms with Crippen molar-refractivity contribution in [3.63, 3.8) is 0 Å². The molecule has 0 fully saturated rings. The molecule has 0 aromatic heterocycles. The number of rotatable bonds is 4. The van der Waals surface area contributed by atoms with Gasteiger partial charge in [-0.1, -0.05) is 133 Å². The van der Waals surface area contributed by atoms with Crippen LogP contribution in [0.2, 0.25) is 0 Å². The van der Waals surface area contributed by atoms with Gasteiger partial charge in [-0.15, -0.1) is 0 Å². The average molecular weight is 703 g/mol. The van der Waals surface area contributed by atoms with E-state index in [2.05, 4.69) is 194 Å². The fourth-order valence-corrected chi connectivity index (χ4v) is 8.29. The third-order valence-corrected chi connectivity index (χ3v) is 11.1. The molecule has 2 nitrogen and oxygen atoms in total. The molecule has 1 aliphatic heterocycles. The Morgan fingerprint density at radius 1 is 0.291 bits per heavy atom. The van der Waals surface area contributed by atoms with Gasteiger partial charge >= 0.3 is 0 Å². The lowest BCUT2D eigenvalue weighted by Crippen LogP contribution is -2.03. The summed E-state index contributed by atoms with van der Waals surface area (Å²) in [6, 6.07) is 61.4. The second kappa shape index (κ2) is 12.8. The van der Waals surface area contributed by atoms with E-state index in [1.54, 1.807) is 0 Å². The number of fused-ring (bicyclic) bond motifs is 11. The van der Waals surface area contributed by atoms with Gasteiger partial charge in [0.05, 0.1) is 0 Å². The van der Waals surface area contributed by atoms with Crippen molar-refractivity contribution in [1.29, 1.82) is 0 Å². The molecule has 0 N–H and O–H groups in total. The summed E-state index contributed by atoms with van der Waals surface area (Å²) in [7, 11) is 0. The Hall–Kier alpha value is -7.16. The zero-order valence-corrected chi connectivity index (χ0v) is 30.0. The van der Waals surface area contributed by atoms with Crippen LogP contribution in [-0.4, -0.2) is 6.79 Å². The van der Waals surface area contributed by atoms with Gasteiger partial charge in [0.1, 0.15) is 11.5 Å². The van der Waals surface area contributed by atoms with Crippen molar-refractivity contribution in [1.82, 2.24) is 0 Å². The Kier molecular flexibility index (Phi) is 7.28. The van der Waals surface area contributed by atoms with Crippen molar-refractivity contribution in [2.45, 2.75) is 0 Å². The summed E-state index contributed by atoms with van der Waals surface area (Å²) in [6.07, 6.45) is 8.80. The third kappa shape index (κ3) is 5.67. The minimum Gasteiger partial charge on any atom is -0.457 e. The molecule has 0 saturated heterocycles. The summed E-state index contributed by atoms with van der Waals surface area (Å²) >= 11 is 0. The van der Waals surface area contributed by atoms with E-state index in [0.717, 1.165) is 55.3 Å². The van der Waals surface area contributed by atoms with Gasteiger partial charge in [0.15, 0.2) is 0 Å². The molecule has 1 aliphatic rings. The van der Waals surface area contributed by atoms with Crippen molar-refractivity contribution < 1.29 is 9.47 Å². The van der Waals surface area contributed by atoms with E-state index in [1.807, 2.05) is 0 Å². The highest BCUT2D eigenvalue weighted by molar-refractivity contribution is 6.11. The Bertz CT molecular complexity index is 3020. The summed E-state index contributed by atoms with van der Waals surface area (Å²) in [5, 5.41) is 14.6. The molecular formula is C53H34O2. The zero-order chi connectivity index (χ0) is 36.3. The molecule has 0 amide bonds. The molecule has 0 atom stereocenters. The van der Waals surface area contributed by atoms with E-state index in [9.17, 15) is 0 Å². The average Bonchev–Trinajstić information content (AvgIpc) is 3.43. The first-order chi connectivity index (χ1) is 27.2. The van der Waals surface area contributed by atoms with Crippen molar-refractivity contribution >= 4 is 88.9 Å². The van der Waals surface area contributed by atoms with E-state index in [0.29, 0.717) is 0 Å². The number of hydrogen-bond acceptors (Lipinski definition) is 2. The normalized spacial score (nSPS) is 12.8. The second-order valence-electron chi connectivity index (χ2n) is 14.5. The maximum Gasteiger partial charge on any atom is 0.230 e. The van der Waals surface area contributed by atoms with Crippen LogP contribution in [0, 0.1) is 0 Å². The fourth-order valence-electron chi connectivity index (χ4n) is 8.29. The first-order valence-corrected chi connectivity index (χ1v) is 18.8. The lowest BCUT2D eigenvalue weighted by atomic mass is 9.91. The molecule has 258 valence electrons. The largest absolute Gasteiger partial charge is 0.457 e. The zero-order valence-electron chi connectivity index (χ0n) is 30.0. The Morgan fingerprint density at radius 2 is 0.618 bits per heavy atom. The highest BCUT2D eigenvalue weighted by Crippen LogP contribution is 2.47. The maximum atomic E-state index is 6.20. The van der Waals surface area contributed by atoms with Gasteiger partial charge in [-0.3, -0.25) is 0 Å². The third-order valence-electron chi connectivity index (χ3n) is 11.1. The van der Waals surface area contributed by atoms with Crippen LogP contribution >= 0.6 is 0 Å². The molecule has 0 aliphatic carbocycles. The Balaban J connectivity index is 0.926. The van der Waals surface area contributed by atoms with Gasteiger partial charge in [-0.05, 0) is 148 Å². The molecule has 2 heteroatoms. The Morgan fingerprint density at radius 3 is 1.04 bits per heavy atom. The van der Waals surface area contributed by atoms with E-state index in [1.165, 1.54) is 54.2 Å². The molecule has 11 rings (SSSR count). The predicted molar refractivity (Wildman–Crippen MR) is 234 cm³/mol. The van der Waals surface area contributed by atoms with Crippen molar-refractivity contribution in [3.8, 4) is 22.6 Å². The minimum absolute atomic E-state index is 0.168. The lowest BCUT2D eigenvalue weighted by molar-refractivity contribution is 0.125. The summed E-state index contributed by atoms with van der Waals surface area (Å²) in [5.41, 5.74) is 6.78. The summed E-state index contributed by atoms with van der Waals surface area (Å²) in [5.74, 6) is 1.66. The highest BCUT2D eigenvalue weighted by atomic mass is 16.7. The fraction of sp³-hybridized carbons (Fsp3) is 0.0189. The van der Waals surface area contributed by atoms with Crippen LogP contribution in [0.15, 0.2) is 170 Å². The lowest BCUT2D eigenvalue weighted by Gasteiger charge is -2.14. The van der Waals surface area contributed by atoms with Crippen LogP contribution in [0.5, 0.6) is 11.5 Å². The van der Waals surface area contributed by atoms with E-state index in [4.69, 9.17) is 9.47 Å². The van der Waals surface area contributed by atoms with Crippen LogP contribution in [0.4, 0.5) is 0 Å². The quantitative estimate of drug-likeness (QED) is 0.134. The van der Waals surface area contributed by atoms with Crippen molar-refractivity contribution in [3.05, 3.63) is 192 Å². The molecule has 0 unspecified atom stereocenters. The molecule has 10 aromatic carbocycles. The predicted octanol–water partition coefficient (Wildman–Crippen LogP) is 14.3. The van der Waals surface area contributed by atoms with Crippen molar-refractivity contribution in [2.75, 3.05) is 6.79 Å². The molecule has 0 saturated carbocycles. The molecule has 1 heterocycles. The summed E-state index contributed by atoms with van der Waals surface area (Å²) < 4.78 is 12.4. The first-order valence-electron chi connectivity index (χ1n) is 18.8. The van der Waals surface area contributed by atoms with Gasteiger partial charge < -0.3 is 9.47 Å². The van der Waals surface area contributed by atoms with Crippen molar-refractivity contribution in [2.24, 2.45) is 0 Å². The van der Waals surface area contributed by atoms with Gasteiger partial charge in [-0.25, -0.2) is 0 Å². The van der Waals surface area contributed by atoms with E-state index >= 15 is 0 Å². The van der Waals surface area contributed by atoms with E-state index < -0.39 is 0 Å². The molecule has 0 spiro atoms. The van der Waals surface area contributed by atoms with E-state index in [-0.39, 0.29) is 6.79 Å². The van der Waals surface area contributed by atoms with Crippen LogP contribution in [-0.2, 0) is 0 Å². The maximum absolute atomic E-state index is 6.20. The summed E-state index contributed by atoms with van der Waals surface area (Å²) in [6.45, 7) is 0.168. The molecule has 0 bridgehead atoms. The second-order valence-corrected chi connectivity index (χ2v) is 14.5. The number of benzene rings is 10. The monoisotopic (exact) mass is 702 g/mol. The van der Waals surface area contributed by atoms with Gasteiger partial charge in [0, 0.05) is 11.1 Å². The number of ether oxygens (including phenoxy) is 2. The topological polar surface area (TPSA) is 18.5 Å². The Labute approximate surface area is 318 Å².